The van der Waals surface area contributed by atoms with Crippen molar-refractivity contribution in [3.63, 3.8) is 0 Å². The average molecular weight is 323 g/mol. The van der Waals surface area contributed by atoms with Gasteiger partial charge in [-0.1, -0.05) is 36.4 Å². The molecule has 0 amide bonds. The van der Waals surface area contributed by atoms with Gasteiger partial charge in [0.05, 0.1) is 6.10 Å². The number of nitrogens with zero attached hydrogens (tertiary/aromatic N) is 1. The van der Waals surface area contributed by atoms with E-state index in [1.54, 1.807) is 6.92 Å². The second kappa shape index (κ2) is 7.18. The fraction of sp³-hybridized carbons (Fsp3) is 0.381. The number of carbonyl (C=O) groups excluding carboxylic acids is 1. The fourth-order valence-electron chi connectivity index (χ4n) is 3.57. The highest BCUT2D eigenvalue weighted by molar-refractivity contribution is 5.77. The van der Waals surface area contributed by atoms with Crippen molar-refractivity contribution in [3.8, 4) is 0 Å². The standard InChI is InChI=1S/C21H25NO2/c1-15-5-3-4-6-18(15)12-17-7-9-19(10-8-17)22-14-21(24)13-20(22)11-16(2)23/h3-10,20-21,24H,11-14H2,1-2H3. The zero-order chi connectivity index (χ0) is 17.1. The average Bonchev–Trinajstić information content (AvgIpc) is 2.90. The molecule has 126 valence electrons. The van der Waals surface area contributed by atoms with E-state index in [2.05, 4.69) is 60.4 Å². The Bertz CT molecular complexity index is 708. The molecule has 2 aromatic rings. The molecule has 2 unspecified atom stereocenters. The quantitative estimate of drug-likeness (QED) is 0.915. The molecule has 1 saturated heterocycles. The van der Waals surface area contributed by atoms with Gasteiger partial charge in [0.1, 0.15) is 5.78 Å². The van der Waals surface area contributed by atoms with Crippen LogP contribution in [0.5, 0.6) is 0 Å². The summed E-state index contributed by atoms with van der Waals surface area (Å²) in [5.41, 5.74) is 5.02. The van der Waals surface area contributed by atoms with Gasteiger partial charge in [0, 0.05) is 24.7 Å². The van der Waals surface area contributed by atoms with Gasteiger partial charge in [-0.05, 0) is 55.5 Å². The number of benzene rings is 2. The maximum Gasteiger partial charge on any atom is 0.131 e. The van der Waals surface area contributed by atoms with E-state index in [1.165, 1.54) is 16.7 Å². The monoisotopic (exact) mass is 323 g/mol. The van der Waals surface area contributed by atoms with Crippen LogP contribution in [0.2, 0.25) is 0 Å². The number of aliphatic hydroxyl groups excluding tert-OH is 1. The Balaban J connectivity index is 1.74. The van der Waals surface area contributed by atoms with Gasteiger partial charge in [-0.25, -0.2) is 0 Å². The van der Waals surface area contributed by atoms with E-state index in [-0.39, 0.29) is 17.9 Å². The van der Waals surface area contributed by atoms with Crippen molar-refractivity contribution in [3.05, 3.63) is 65.2 Å². The van der Waals surface area contributed by atoms with Crippen molar-refractivity contribution in [2.45, 2.75) is 45.3 Å². The predicted molar refractivity (Wildman–Crippen MR) is 97.5 cm³/mol. The molecule has 3 rings (SSSR count). The largest absolute Gasteiger partial charge is 0.391 e. The third-order valence-electron chi connectivity index (χ3n) is 4.84. The summed E-state index contributed by atoms with van der Waals surface area (Å²) in [7, 11) is 0. The summed E-state index contributed by atoms with van der Waals surface area (Å²) in [4.78, 5) is 13.6. The molecule has 0 saturated carbocycles. The molecular formula is C21H25NO2. The molecule has 0 bridgehead atoms. The van der Waals surface area contributed by atoms with E-state index >= 15 is 0 Å². The molecule has 1 aliphatic rings. The van der Waals surface area contributed by atoms with Gasteiger partial charge in [-0.3, -0.25) is 4.79 Å². The number of ketones is 1. The molecule has 24 heavy (non-hydrogen) atoms. The molecule has 1 aliphatic heterocycles. The number of anilines is 1. The topological polar surface area (TPSA) is 40.5 Å². The van der Waals surface area contributed by atoms with Crippen molar-refractivity contribution in [2.24, 2.45) is 0 Å². The Hall–Kier alpha value is -2.13. The first-order valence-electron chi connectivity index (χ1n) is 8.60. The summed E-state index contributed by atoms with van der Waals surface area (Å²) in [5, 5.41) is 9.97. The molecule has 1 N–H and O–H groups in total. The van der Waals surface area contributed by atoms with E-state index in [0.717, 1.165) is 12.1 Å². The number of β-amino-alcohol motifs (C(OH)–C–C–N with tert-alkyl or cyclic N) is 1. The van der Waals surface area contributed by atoms with Gasteiger partial charge in [-0.15, -0.1) is 0 Å². The van der Waals surface area contributed by atoms with Crippen LogP contribution in [0, 0.1) is 6.92 Å². The summed E-state index contributed by atoms with van der Waals surface area (Å²) in [6, 6.07) is 17.1. The SMILES string of the molecule is CC(=O)CC1CC(O)CN1c1ccc(Cc2ccccc2C)cc1. The third kappa shape index (κ3) is 3.85. The molecule has 1 heterocycles. The van der Waals surface area contributed by atoms with Gasteiger partial charge in [0.2, 0.25) is 0 Å². The van der Waals surface area contributed by atoms with E-state index in [4.69, 9.17) is 0 Å². The molecular weight excluding hydrogens is 298 g/mol. The fourth-order valence-corrected chi connectivity index (χ4v) is 3.57. The van der Waals surface area contributed by atoms with Crippen LogP contribution >= 0.6 is 0 Å². The first kappa shape index (κ1) is 16.7. The Labute approximate surface area is 143 Å². The minimum Gasteiger partial charge on any atom is -0.391 e. The molecule has 0 spiro atoms. The van der Waals surface area contributed by atoms with Gasteiger partial charge >= 0.3 is 0 Å². The third-order valence-corrected chi connectivity index (χ3v) is 4.84. The van der Waals surface area contributed by atoms with Crippen LogP contribution in [0.25, 0.3) is 0 Å². The lowest BCUT2D eigenvalue weighted by Gasteiger charge is -2.26. The van der Waals surface area contributed by atoms with Gasteiger partial charge in [0.15, 0.2) is 0 Å². The van der Waals surface area contributed by atoms with Crippen LogP contribution in [0.1, 0.15) is 36.5 Å². The van der Waals surface area contributed by atoms with Crippen molar-refractivity contribution in [1.82, 2.24) is 0 Å². The molecule has 2 aromatic carbocycles. The van der Waals surface area contributed by atoms with E-state index in [0.29, 0.717) is 19.4 Å². The zero-order valence-electron chi connectivity index (χ0n) is 14.4. The number of carbonyl (C=O) groups is 1. The van der Waals surface area contributed by atoms with E-state index in [1.807, 2.05) is 0 Å². The van der Waals surface area contributed by atoms with Crippen molar-refractivity contribution >= 4 is 11.5 Å². The highest BCUT2D eigenvalue weighted by atomic mass is 16.3. The molecule has 3 heteroatoms. The smallest absolute Gasteiger partial charge is 0.131 e. The Morgan fingerprint density at radius 1 is 1.17 bits per heavy atom. The lowest BCUT2D eigenvalue weighted by molar-refractivity contribution is -0.117. The summed E-state index contributed by atoms with van der Waals surface area (Å²) < 4.78 is 0. The lowest BCUT2D eigenvalue weighted by atomic mass is 10.0. The summed E-state index contributed by atoms with van der Waals surface area (Å²) in [5.74, 6) is 0.176. The number of hydrogen-bond donors (Lipinski definition) is 1. The zero-order valence-corrected chi connectivity index (χ0v) is 14.4. The molecule has 0 radical (unpaired) electrons. The number of rotatable bonds is 5. The van der Waals surface area contributed by atoms with E-state index in [9.17, 15) is 9.90 Å². The van der Waals surface area contributed by atoms with Gasteiger partial charge in [-0.2, -0.15) is 0 Å². The number of Topliss-reactive ketones (excluding diaryl/α,β-unsaturated/α-hetero) is 1. The van der Waals surface area contributed by atoms with Crippen LogP contribution in [0.3, 0.4) is 0 Å². The second-order valence-corrected chi connectivity index (χ2v) is 6.87. The van der Waals surface area contributed by atoms with Gasteiger partial charge < -0.3 is 10.0 Å². The van der Waals surface area contributed by atoms with Gasteiger partial charge in [0.25, 0.3) is 0 Å². The number of aryl methyl sites for hydroxylation is 1. The Morgan fingerprint density at radius 2 is 1.88 bits per heavy atom. The van der Waals surface area contributed by atoms with Crippen LogP contribution in [0.4, 0.5) is 5.69 Å². The van der Waals surface area contributed by atoms with E-state index < -0.39 is 0 Å². The molecule has 0 aliphatic carbocycles. The maximum atomic E-state index is 11.5. The summed E-state index contributed by atoms with van der Waals surface area (Å²) >= 11 is 0. The first-order valence-corrected chi connectivity index (χ1v) is 8.60. The molecule has 0 aromatic heterocycles. The number of hydrogen-bond acceptors (Lipinski definition) is 3. The minimum atomic E-state index is -0.346. The van der Waals surface area contributed by atoms with Crippen LogP contribution in [-0.4, -0.2) is 29.6 Å². The minimum absolute atomic E-state index is 0.111. The highest BCUT2D eigenvalue weighted by Crippen LogP contribution is 2.28. The molecule has 3 nitrogen and oxygen atoms in total. The van der Waals surface area contributed by atoms with Crippen molar-refractivity contribution in [1.29, 1.82) is 0 Å². The van der Waals surface area contributed by atoms with Crippen molar-refractivity contribution < 1.29 is 9.90 Å². The highest BCUT2D eigenvalue weighted by Gasteiger charge is 2.31. The molecule has 2 atom stereocenters. The normalized spacial score (nSPS) is 20.4. The molecule has 1 fully saturated rings. The second-order valence-electron chi connectivity index (χ2n) is 6.87. The Morgan fingerprint density at radius 3 is 2.54 bits per heavy atom. The summed E-state index contributed by atoms with van der Waals surface area (Å²) in [6.07, 6.45) is 1.75. The van der Waals surface area contributed by atoms with Crippen LogP contribution in [0.15, 0.2) is 48.5 Å². The number of aliphatic hydroxyl groups is 1. The lowest BCUT2D eigenvalue weighted by Crippen LogP contribution is -2.31. The van der Waals surface area contributed by atoms with Crippen LogP contribution in [-0.2, 0) is 11.2 Å². The summed E-state index contributed by atoms with van der Waals surface area (Å²) in [6.45, 7) is 4.37. The Kier molecular flexibility index (Phi) is 5.00. The predicted octanol–water partition coefficient (Wildman–Crippen LogP) is 3.50. The van der Waals surface area contributed by atoms with Crippen molar-refractivity contribution in [2.75, 3.05) is 11.4 Å². The maximum absolute atomic E-state index is 11.5. The van der Waals surface area contributed by atoms with Crippen LogP contribution < -0.4 is 4.90 Å². The first-order chi connectivity index (χ1) is 11.5.